The Morgan fingerprint density at radius 3 is 2.55 bits per heavy atom. The van der Waals surface area contributed by atoms with Crippen LogP contribution in [0.15, 0.2) is 30.3 Å². The molecule has 104 valence electrons. The summed E-state index contributed by atoms with van der Waals surface area (Å²) in [6.45, 7) is 4.12. The molecule has 0 heterocycles. The Hall–Kier alpha value is -1.96. The molecule has 0 spiro atoms. The first-order chi connectivity index (χ1) is 9.58. The number of aromatic hydroxyl groups is 2. The molecule has 2 aromatic carbocycles. The predicted molar refractivity (Wildman–Crippen MR) is 80.5 cm³/mol. The van der Waals surface area contributed by atoms with Crippen molar-refractivity contribution in [3.8, 4) is 11.5 Å². The van der Waals surface area contributed by atoms with Crippen LogP contribution in [-0.4, -0.2) is 10.2 Å². The third kappa shape index (κ3) is 2.05. The molecule has 1 aliphatic carbocycles. The van der Waals surface area contributed by atoms with Crippen molar-refractivity contribution in [1.29, 1.82) is 0 Å². The maximum Gasteiger partial charge on any atom is 0.119 e. The number of rotatable bonds is 1. The highest BCUT2D eigenvalue weighted by molar-refractivity contribution is 5.53. The van der Waals surface area contributed by atoms with Crippen molar-refractivity contribution in [1.82, 2.24) is 0 Å². The molecule has 3 rings (SSSR count). The van der Waals surface area contributed by atoms with Crippen LogP contribution in [-0.2, 0) is 6.42 Å². The molecule has 0 fully saturated rings. The van der Waals surface area contributed by atoms with Gasteiger partial charge in [-0.15, -0.1) is 0 Å². The summed E-state index contributed by atoms with van der Waals surface area (Å²) in [5.74, 6) is 0.782. The van der Waals surface area contributed by atoms with Crippen LogP contribution in [0.2, 0.25) is 0 Å². The van der Waals surface area contributed by atoms with E-state index in [0.29, 0.717) is 11.5 Å². The molecule has 0 aromatic heterocycles. The van der Waals surface area contributed by atoms with E-state index < -0.39 is 0 Å². The van der Waals surface area contributed by atoms with Gasteiger partial charge in [-0.1, -0.05) is 23.8 Å². The maximum absolute atomic E-state index is 10.3. The number of hydrogen-bond donors (Lipinski definition) is 2. The van der Waals surface area contributed by atoms with Crippen molar-refractivity contribution in [3.63, 3.8) is 0 Å². The lowest BCUT2D eigenvalue weighted by Crippen LogP contribution is -2.13. The molecule has 0 radical (unpaired) electrons. The van der Waals surface area contributed by atoms with E-state index in [9.17, 15) is 10.2 Å². The number of phenolic OH excluding ortho intramolecular Hbond substituents is 2. The number of hydrogen-bond acceptors (Lipinski definition) is 2. The van der Waals surface area contributed by atoms with E-state index in [2.05, 4.69) is 6.92 Å². The smallest absolute Gasteiger partial charge is 0.119 e. The SMILES string of the molecule is Cc1ccc(O)c(C2CCCc3c(C)ccc(O)c32)c1. The molecule has 0 aliphatic heterocycles. The van der Waals surface area contributed by atoms with Crippen LogP contribution in [0.25, 0.3) is 0 Å². The topological polar surface area (TPSA) is 40.5 Å². The van der Waals surface area contributed by atoms with Gasteiger partial charge in [-0.3, -0.25) is 0 Å². The van der Waals surface area contributed by atoms with E-state index in [0.717, 1.165) is 36.0 Å². The number of fused-ring (bicyclic) bond motifs is 1. The van der Waals surface area contributed by atoms with Gasteiger partial charge in [0, 0.05) is 17.0 Å². The fraction of sp³-hybridized carbons (Fsp3) is 0.333. The molecule has 0 saturated heterocycles. The lowest BCUT2D eigenvalue weighted by atomic mass is 9.76. The average Bonchev–Trinajstić information content (AvgIpc) is 2.45. The fourth-order valence-electron chi connectivity index (χ4n) is 3.37. The maximum atomic E-state index is 10.3. The van der Waals surface area contributed by atoms with Crippen molar-refractivity contribution in [2.24, 2.45) is 0 Å². The first-order valence-corrected chi connectivity index (χ1v) is 7.19. The second-order valence-corrected chi connectivity index (χ2v) is 5.80. The largest absolute Gasteiger partial charge is 0.508 e. The first-order valence-electron chi connectivity index (χ1n) is 7.19. The minimum atomic E-state index is 0.0959. The summed E-state index contributed by atoms with van der Waals surface area (Å²) in [7, 11) is 0. The summed E-state index contributed by atoms with van der Waals surface area (Å²) in [5.41, 5.74) is 5.57. The summed E-state index contributed by atoms with van der Waals surface area (Å²) in [5, 5.41) is 20.5. The molecule has 0 amide bonds. The number of benzene rings is 2. The second-order valence-electron chi connectivity index (χ2n) is 5.80. The molecule has 2 N–H and O–H groups in total. The molecular formula is C18H20O2. The molecule has 0 saturated carbocycles. The van der Waals surface area contributed by atoms with Crippen molar-refractivity contribution in [2.75, 3.05) is 0 Å². The summed E-state index contributed by atoms with van der Waals surface area (Å²) in [6.07, 6.45) is 3.08. The number of aryl methyl sites for hydroxylation is 2. The van der Waals surface area contributed by atoms with Crippen LogP contribution in [0, 0.1) is 13.8 Å². The Bertz CT molecular complexity index is 659. The lowest BCUT2D eigenvalue weighted by molar-refractivity contribution is 0.442. The van der Waals surface area contributed by atoms with E-state index in [4.69, 9.17) is 0 Å². The van der Waals surface area contributed by atoms with Crippen molar-refractivity contribution < 1.29 is 10.2 Å². The summed E-state index contributed by atoms with van der Waals surface area (Å²) in [6, 6.07) is 9.47. The monoisotopic (exact) mass is 268 g/mol. The normalized spacial score (nSPS) is 17.8. The molecule has 2 aromatic rings. The first kappa shape index (κ1) is 13.0. The van der Waals surface area contributed by atoms with Crippen LogP contribution >= 0.6 is 0 Å². The lowest BCUT2D eigenvalue weighted by Gasteiger charge is -2.28. The van der Waals surface area contributed by atoms with E-state index in [1.165, 1.54) is 11.1 Å². The molecule has 1 atom stereocenters. The standard InChI is InChI=1S/C18H20O2/c1-11-6-8-16(19)15(10-11)14-5-3-4-13-12(2)7-9-17(20)18(13)14/h6-10,14,19-20H,3-5H2,1-2H3. The van der Waals surface area contributed by atoms with Gasteiger partial charge in [0.2, 0.25) is 0 Å². The minimum absolute atomic E-state index is 0.0959. The Balaban J connectivity index is 2.19. The van der Waals surface area contributed by atoms with Crippen LogP contribution in [0.5, 0.6) is 11.5 Å². The summed E-state index contributed by atoms with van der Waals surface area (Å²) in [4.78, 5) is 0. The second kappa shape index (κ2) is 4.86. The highest BCUT2D eigenvalue weighted by Gasteiger charge is 2.27. The highest BCUT2D eigenvalue weighted by atomic mass is 16.3. The quantitative estimate of drug-likeness (QED) is 0.814. The fourth-order valence-corrected chi connectivity index (χ4v) is 3.37. The zero-order chi connectivity index (χ0) is 14.3. The van der Waals surface area contributed by atoms with Gasteiger partial charge in [-0.25, -0.2) is 0 Å². The van der Waals surface area contributed by atoms with Crippen molar-refractivity contribution >= 4 is 0 Å². The van der Waals surface area contributed by atoms with Gasteiger partial charge < -0.3 is 10.2 Å². The van der Waals surface area contributed by atoms with Crippen LogP contribution in [0.1, 0.15) is 46.6 Å². The van der Waals surface area contributed by atoms with Crippen LogP contribution in [0.3, 0.4) is 0 Å². The molecule has 2 heteroatoms. The zero-order valence-electron chi connectivity index (χ0n) is 12.0. The van der Waals surface area contributed by atoms with E-state index in [1.807, 2.05) is 25.1 Å². The predicted octanol–water partition coefficient (Wildman–Crippen LogP) is 4.18. The average molecular weight is 268 g/mol. The third-order valence-corrected chi connectivity index (χ3v) is 4.39. The van der Waals surface area contributed by atoms with E-state index in [-0.39, 0.29) is 5.92 Å². The molecule has 2 nitrogen and oxygen atoms in total. The van der Waals surface area contributed by atoms with Gasteiger partial charge in [0.25, 0.3) is 0 Å². The van der Waals surface area contributed by atoms with Crippen LogP contribution in [0.4, 0.5) is 0 Å². The Labute approximate surface area is 119 Å². The third-order valence-electron chi connectivity index (χ3n) is 4.39. The Morgan fingerprint density at radius 2 is 1.75 bits per heavy atom. The molecule has 0 bridgehead atoms. The summed E-state index contributed by atoms with van der Waals surface area (Å²) >= 11 is 0. The van der Waals surface area contributed by atoms with Gasteiger partial charge in [-0.2, -0.15) is 0 Å². The minimum Gasteiger partial charge on any atom is -0.508 e. The van der Waals surface area contributed by atoms with Gasteiger partial charge in [0.05, 0.1) is 0 Å². The van der Waals surface area contributed by atoms with Crippen molar-refractivity contribution in [2.45, 2.75) is 39.0 Å². The van der Waals surface area contributed by atoms with Crippen molar-refractivity contribution in [3.05, 3.63) is 58.1 Å². The molecule has 1 aliphatic rings. The number of phenols is 2. The zero-order valence-corrected chi connectivity index (χ0v) is 12.0. The highest BCUT2D eigenvalue weighted by Crippen LogP contribution is 2.45. The van der Waals surface area contributed by atoms with E-state index >= 15 is 0 Å². The molecule has 1 unspecified atom stereocenters. The van der Waals surface area contributed by atoms with E-state index in [1.54, 1.807) is 12.1 Å². The molecular weight excluding hydrogens is 248 g/mol. The van der Waals surface area contributed by atoms with Gasteiger partial charge in [0.15, 0.2) is 0 Å². The molecule has 20 heavy (non-hydrogen) atoms. The van der Waals surface area contributed by atoms with Gasteiger partial charge in [0.1, 0.15) is 11.5 Å². The Kier molecular flexibility index (Phi) is 3.17. The summed E-state index contributed by atoms with van der Waals surface area (Å²) < 4.78 is 0. The Morgan fingerprint density at radius 1 is 1.00 bits per heavy atom. The van der Waals surface area contributed by atoms with Gasteiger partial charge >= 0.3 is 0 Å². The van der Waals surface area contributed by atoms with Gasteiger partial charge in [-0.05, 0) is 56.4 Å². The van der Waals surface area contributed by atoms with Crippen LogP contribution < -0.4 is 0 Å².